The van der Waals surface area contributed by atoms with Crippen molar-refractivity contribution < 1.29 is 53.6 Å². The van der Waals surface area contributed by atoms with Gasteiger partial charge in [-0.05, 0) is 66.5 Å². The monoisotopic (exact) mass is 828 g/mol. The Morgan fingerprint density at radius 2 is 1.39 bits per heavy atom. The molecule has 3 aliphatic heterocycles. The lowest BCUT2D eigenvalue weighted by molar-refractivity contribution is -0.291. The fraction of sp³-hybridized carbons (Fsp3) is 0.781. The van der Waals surface area contributed by atoms with Gasteiger partial charge < -0.3 is 53.6 Å². The number of rotatable bonds is 17. The highest BCUT2D eigenvalue weighted by atomic mass is 16.8. The number of benzene rings is 1. The van der Waals surface area contributed by atoms with Crippen LogP contribution in [0.5, 0.6) is 0 Å². The summed E-state index contributed by atoms with van der Waals surface area (Å²) in [6.45, 7) is 2.06. The first-order chi connectivity index (χ1) is 28.5. The van der Waals surface area contributed by atoms with Crippen molar-refractivity contribution in [3.05, 3.63) is 88.1 Å². The zero-order valence-corrected chi connectivity index (χ0v) is 31.7. The molecule has 1 aromatic carbocycles. The summed E-state index contributed by atoms with van der Waals surface area (Å²) in [6.07, 6.45) is -19.4. The molecule has 1 saturated carbocycles. The van der Waals surface area contributed by atoms with E-state index in [1.54, 1.807) is 0 Å². The molecule has 1 aromatic rings. The lowest BCUT2D eigenvalue weighted by atomic mass is 9.84. The predicted octanol–water partition coefficient (Wildman–Crippen LogP) is 2.69. The molecule has 0 amide bonds. The van der Waals surface area contributed by atoms with Crippen LogP contribution in [0.3, 0.4) is 0 Å². The van der Waals surface area contributed by atoms with Crippen molar-refractivity contribution in [1.82, 2.24) is 4.90 Å². The van der Waals surface area contributed by atoms with Crippen LogP contribution in [0.1, 0.15) is 31.7 Å². The van der Waals surface area contributed by atoms with Crippen LogP contribution in [0.4, 0.5) is 0 Å². The second-order valence-corrected chi connectivity index (χ2v) is 14.3. The number of hydrogen-bond acceptors (Lipinski definition) is 17. The average molecular weight is 829 g/mol. The highest BCUT2D eigenvalue weighted by molar-refractivity contribution is 5.58. The molecule has 0 aromatic heterocycles. The number of aliphatic hydroxyl groups is 4. The second kappa shape index (κ2) is 21.3. The highest BCUT2D eigenvalue weighted by Gasteiger charge is 2.55. The Labute approximate surface area is 334 Å². The minimum Gasteiger partial charge on any atom is -0.390 e. The van der Waals surface area contributed by atoms with Gasteiger partial charge in [-0.1, -0.05) is 55.9 Å². The molecule has 5 rings (SSSR count). The van der Waals surface area contributed by atoms with Crippen molar-refractivity contribution in [3.8, 4) is 0 Å². The Balaban J connectivity index is 1.41. The van der Waals surface area contributed by atoms with Crippen molar-refractivity contribution >= 4 is 6.29 Å². The summed E-state index contributed by atoms with van der Waals surface area (Å²) >= 11 is 0. The molecule has 18 atom stereocenters. The van der Waals surface area contributed by atoms with Crippen molar-refractivity contribution in [1.29, 1.82) is 0 Å². The number of azide groups is 5. The molecule has 4 fully saturated rings. The fourth-order valence-corrected chi connectivity index (χ4v) is 7.58. The van der Waals surface area contributed by atoms with E-state index in [-0.39, 0.29) is 18.7 Å². The summed E-state index contributed by atoms with van der Waals surface area (Å²) in [5.74, 6) is 0. The van der Waals surface area contributed by atoms with Crippen LogP contribution in [0, 0.1) is 0 Å². The number of likely N-dealkylation sites (N-methyl/N-ethyl adjacent to an activating group) is 1. The number of nitrogens with zero attached hydrogens (tertiary/aromatic N) is 16. The number of carbonyl (C=O) groups excluding carboxylic acids is 1. The third-order valence-corrected chi connectivity index (χ3v) is 10.8. The van der Waals surface area contributed by atoms with Gasteiger partial charge in [0.25, 0.3) is 0 Å². The molecule has 0 bridgehead atoms. The van der Waals surface area contributed by atoms with Crippen molar-refractivity contribution in [2.45, 2.75) is 143 Å². The molecule has 4 N–H and O–H groups in total. The Morgan fingerprint density at radius 1 is 0.746 bits per heavy atom. The molecular formula is C32H44N16O11. The topological polar surface area (TPSA) is 400 Å². The van der Waals surface area contributed by atoms with Crippen molar-refractivity contribution in [2.75, 3.05) is 13.6 Å². The second-order valence-electron chi connectivity index (χ2n) is 14.3. The summed E-state index contributed by atoms with van der Waals surface area (Å²) in [5.41, 5.74) is 47.3. The van der Waals surface area contributed by atoms with E-state index in [4.69, 9.17) is 39.5 Å². The van der Waals surface area contributed by atoms with Gasteiger partial charge in [-0.3, -0.25) is 4.90 Å². The summed E-state index contributed by atoms with van der Waals surface area (Å²) < 4.78 is 36.1. The van der Waals surface area contributed by atoms with Crippen molar-refractivity contribution in [3.63, 3.8) is 0 Å². The first-order valence-electron chi connectivity index (χ1n) is 18.5. The van der Waals surface area contributed by atoms with Crippen LogP contribution in [-0.4, -0.2) is 155 Å². The minimum absolute atomic E-state index is 0.191. The molecule has 4 aliphatic rings. The number of ether oxygens (including phenoxy) is 6. The SMILES string of the molecule is C[C@@H]([C@@H]1CCC(N=[N+]=[N-])[C@@H](OC2C(N=[N+]=[N-])CC(N=[N+]=[N-])[C@H](O)[C@H]2O[C@@H]2O[C@H](C=O)[C@@H](O[C@H]3O[C@@H](CN=[N+]=[N-])[C@@H](O)[C@H](O)C3N=[N+]=[N-])[C@H]2O)O1)N(C)Cc1ccccc1. The van der Waals surface area contributed by atoms with E-state index in [2.05, 4.69) is 55.0 Å². The average Bonchev–Trinajstić information content (AvgIpc) is 3.53. The Bertz CT molecular complexity index is 1820. The van der Waals surface area contributed by atoms with E-state index < -0.39 is 111 Å². The van der Waals surface area contributed by atoms with Crippen LogP contribution in [0.2, 0.25) is 0 Å². The Hall–Kier alpha value is -5.00. The van der Waals surface area contributed by atoms with E-state index in [1.165, 1.54) is 0 Å². The summed E-state index contributed by atoms with van der Waals surface area (Å²) in [4.78, 5) is 28.3. The molecule has 318 valence electrons. The normalized spacial score (nSPS) is 38.6. The summed E-state index contributed by atoms with van der Waals surface area (Å²) in [5, 5.41) is 62.4. The molecular weight excluding hydrogens is 784 g/mol. The molecule has 3 saturated heterocycles. The van der Waals surface area contributed by atoms with E-state index in [0.29, 0.717) is 19.4 Å². The highest BCUT2D eigenvalue weighted by Crippen LogP contribution is 2.38. The van der Waals surface area contributed by atoms with Gasteiger partial charge in [0, 0.05) is 37.1 Å². The lowest BCUT2D eigenvalue weighted by Crippen LogP contribution is -2.61. The first kappa shape index (κ1) is 45.1. The summed E-state index contributed by atoms with van der Waals surface area (Å²) in [6, 6.07) is 4.54. The fourth-order valence-electron chi connectivity index (χ4n) is 7.58. The molecule has 5 unspecified atom stereocenters. The number of carbonyl (C=O) groups is 1. The van der Waals surface area contributed by atoms with Gasteiger partial charge in [-0.15, -0.1) is 0 Å². The lowest BCUT2D eigenvalue weighted by Gasteiger charge is -2.46. The van der Waals surface area contributed by atoms with Gasteiger partial charge in [-0.25, -0.2) is 0 Å². The zero-order valence-electron chi connectivity index (χ0n) is 31.7. The first-order valence-corrected chi connectivity index (χ1v) is 18.5. The third kappa shape index (κ3) is 10.6. The number of aliphatic hydroxyl groups excluding tert-OH is 4. The van der Waals surface area contributed by atoms with E-state index in [9.17, 15) is 41.8 Å². The van der Waals surface area contributed by atoms with Gasteiger partial charge in [0.05, 0.1) is 55.2 Å². The number of hydrogen-bond donors (Lipinski definition) is 4. The summed E-state index contributed by atoms with van der Waals surface area (Å²) in [7, 11) is 1.92. The number of aldehydes is 1. The third-order valence-electron chi connectivity index (χ3n) is 10.8. The van der Waals surface area contributed by atoms with Crippen LogP contribution in [-0.2, 0) is 39.8 Å². The maximum atomic E-state index is 12.3. The maximum absolute atomic E-state index is 12.3. The van der Waals surface area contributed by atoms with Gasteiger partial charge in [0.1, 0.15) is 36.6 Å². The molecule has 0 radical (unpaired) electrons. The van der Waals surface area contributed by atoms with Crippen LogP contribution in [0.25, 0.3) is 52.2 Å². The largest absolute Gasteiger partial charge is 0.390 e. The van der Waals surface area contributed by atoms with E-state index in [0.717, 1.165) is 5.56 Å². The van der Waals surface area contributed by atoms with Gasteiger partial charge in [0.15, 0.2) is 25.2 Å². The quantitative estimate of drug-likeness (QED) is 0.0762. The predicted molar refractivity (Wildman–Crippen MR) is 198 cm³/mol. The smallest absolute Gasteiger partial charge is 0.187 e. The van der Waals surface area contributed by atoms with Crippen LogP contribution < -0.4 is 0 Å². The van der Waals surface area contributed by atoms with Gasteiger partial charge in [-0.2, -0.15) is 0 Å². The van der Waals surface area contributed by atoms with Crippen molar-refractivity contribution in [2.24, 2.45) is 25.6 Å². The molecule has 27 nitrogen and oxygen atoms in total. The van der Waals surface area contributed by atoms with E-state index in [1.807, 2.05) is 44.3 Å². The molecule has 3 heterocycles. The molecule has 0 spiro atoms. The van der Waals surface area contributed by atoms with Gasteiger partial charge in [0.2, 0.25) is 0 Å². The standard InChI is InChI=1S/C32H44N16O11/c1-14(48(2)12-15-6-4-3-5-7-15)19-9-8-16(39-44-34)30(54-19)57-27-18(41-46-36)10-17(40-45-35)23(50)29(27)59-32-26(53)28(21(13-49)56-32)58-31-22(42-47-37)25(52)24(51)20(55-31)11-38-43-33/h3-7,13-14,16-32,50-53H,8-12H2,1-2H3/t14-,16?,17?,18?,19-,20-,21+,22?,23-,24+,25+,26+,27?,28+,29+,30+,31+,32-/m0/s1. The van der Waals surface area contributed by atoms with Crippen LogP contribution in [0.15, 0.2) is 55.9 Å². The molecule has 59 heavy (non-hydrogen) atoms. The Kier molecular flexibility index (Phi) is 16.3. The van der Waals surface area contributed by atoms with Gasteiger partial charge >= 0.3 is 0 Å². The zero-order chi connectivity index (χ0) is 42.6. The molecule has 1 aliphatic carbocycles. The van der Waals surface area contributed by atoms with E-state index >= 15 is 0 Å². The maximum Gasteiger partial charge on any atom is 0.187 e. The Morgan fingerprint density at radius 3 is 2.05 bits per heavy atom. The minimum atomic E-state index is -1.90. The molecule has 27 heteroatoms. The van der Waals surface area contributed by atoms with Crippen LogP contribution >= 0.6 is 0 Å².